The number of hydrogen-bond donors (Lipinski definition) is 1. The first-order valence-corrected chi connectivity index (χ1v) is 7.86. The Morgan fingerprint density at radius 3 is 2.31 bits per heavy atom. The first-order chi connectivity index (χ1) is 7.52. The topological polar surface area (TPSA) is 15.3 Å². The molecule has 0 aliphatic rings. The van der Waals surface area contributed by atoms with E-state index in [-0.39, 0.29) is 0 Å². The highest BCUT2D eigenvalue weighted by atomic mass is 32.2. The van der Waals surface area contributed by atoms with Crippen LogP contribution in [0.25, 0.3) is 0 Å². The van der Waals surface area contributed by atoms with Gasteiger partial charge in [-0.25, -0.2) is 0 Å². The smallest absolute Gasteiger partial charge is 0.0125 e. The van der Waals surface area contributed by atoms with Gasteiger partial charge in [-0.3, -0.25) is 4.90 Å². The number of nitrogens with one attached hydrogen (secondary N) is 1. The van der Waals surface area contributed by atoms with Gasteiger partial charge >= 0.3 is 0 Å². The fourth-order valence-electron chi connectivity index (χ4n) is 1.64. The molecule has 0 aliphatic carbocycles. The van der Waals surface area contributed by atoms with Crippen molar-refractivity contribution in [1.82, 2.24) is 10.2 Å². The van der Waals surface area contributed by atoms with Crippen molar-refractivity contribution in [1.29, 1.82) is 0 Å². The van der Waals surface area contributed by atoms with Crippen LogP contribution < -0.4 is 5.32 Å². The average molecular weight is 246 g/mol. The fraction of sp³-hybridized carbons (Fsp3) is 1.00. The van der Waals surface area contributed by atoms with Gasteiger partial charge in [0.1, 0.15) is 0 Å². The minimum Gasteiger partial charge on any atom is -0.315 e. The summed E-state index contributed by atoms with van der Waals surface area (Å²) in [4.78, 5) is 2.59. The van der Waals surface area contributed by atoms with Gasteiger partial charge in [0.25, 0.3) is 0 Å². The van der Waals surface area contributed by atoms with E-state index in [9.17, 15) is 0 Å². The molecular formula is C13H30N2S. The van der Waals surface area contributed by atoms with Crippen LogP contribution in [0.15, 0.2) is 0 Å². The maximum Gasteiger partial charge on any atom is 0.0125 e. The zero-order valence-corrected chi connectivity index (χ0v) is 12.6. The molecule has 98 valence electrons. The molecule has 0 unspecified atom stereocenters. The zero-order valence-electron chi connectivity index (χ0n) is 11.8. The van der Waals surface area contributed by atoms with E-state index in [4.69, 9.17) is 0 Å². The van der Waals surface area contributed by atoms with Gasteiger partial charge in [-0.05, 0) is 40.0 Å². The summed E-state index contributed by atoms with van der Waals surface area (Å²) in [5, 5.41) is 3.50. The lowest BCUT2D eigenvalue weighted by Crippen LogP contribution is -2.45. The molecule has 0 aromatic heterocycles. The molecule has 0 aromatic carbocycles. The summed E-state index contributed by atoms with van der Waals surface area (Å²) in [5.41, 5.74) is 0.302. The van der Waals surface area contributed by atoms with Crippen molar-refractivity contribution in [2.24, 2.45) is 0 Å². The number of thioether (sulfide) groups is 1. The van der Waals surface area contributed by atoms with Gasteiger partial charge in [-0.1, -0.05) is 13.3 Å². The second-order valence-corrected chi connectivity index (χ2v) is 6.24. The molecule has 0 saturated heterocycles. The van der Waals surface area contributed by atoms with Gasteiger partial charge in [0.15, 0.2) is 0 Å². The third-order valence-corrected chi connectivity index (χ3v) is 3.38. The maximum atomic E-state index is 3.50. The van der Waals surface area contributed by atoms with Crippen LogP contribution in [-0.2, 0) is 0 Å². The molecule has 0 amide bonds. The van der Waals surface area contributed by atoms with Crippen LogP contribution in [0.4, 0.5) is 0 Å². The van der Waals surface area contributed by atoms with Crippen molar-refractivity contribution in [2.75, 3.05) is 38.2 Å². The minimum atomic E-state index is 0.302. The molecule has 1 N–H and O–H groups in total. The molecule has 0 bridgehead atoms. The number of hydrogen-bond acceptors (Lipinski definition) is 3. The number of unbranched alkanes of at least 4 members (excludes halogenated alkanes) is 1. The lowest BCUT2D eigenvalue weighted by atomic mass is 10.1. The molecule has 16 heavy (non-hydrogen) atoms. The SMILES string of the molecule is CCCCN(CCNCCSC)C(C)(C)C. The third-order valence-electron chi connectivity index (χ3n) is 2.77. The van der Waals surface area contributed by atoms with E-state index in [0.29, 0.717) is 5.54 Å². The van der Waals surface area contributed by atoms with Crippen molar-refractivity contribution in [3.63, 3.8) is 0 Å². The number of rotatable bonds is 9. The lowest BCUT2D eigenvalue weighted by Gasteiger charge is -2.35. The fourth-order valence-corrected chi connectivity index (χ4v) is 1.99. The van der Waals surface area contributed by atoms with Crippen LogP contribution in [-0.4, -0.2) is 48.6 Å². The van der Waals surface area contributed by atoms with Crippen LogP contribution >= 0.6 is 11.8 Å². The lowest BCUT2D eigenvalue weighted by molar-refractivity contribution is 0.135. The molecule has 0 aromatic rings. The molecule has 0 radical (unpaired) electrons. The Hall–Kier alpha value is 0.270. The zero-order chi connectivity index (χ0) is 12.4. The van der Waals surface area contributed by atoms with E-state index < -0.39 is 0 Å². The van der Waals surface area contributed by atoms with Gasteiger partial charge in [0.05, 0.1) is 0 Å². The Kier molecular flexibility index (Phi) is 9.47. The van der Waals surface area contributed by atoms with Crippen LogP contribution in [0.5, 0.6) is 0 Å². The van der Waals surface area contributed by atoms with Crippen LogP contribution in [0.3, 0.4) is 0 Å². The van der Waals surface area contributed by atoms with Crippen molar-refractivity contribution in [2.45, 2.75) is 46.1 Å². The van der Waals surface area contributed by atoms with Crippen LogP contribution in [0, 0.1) is 0 Å². The molecule has 0 heterocycles. The molecule has 3 heteroatoms. The molecule has 0 spiro atoms. The molecule has 0 saturated carbocycles. The van der Waals surface area contributed by atoms with Crippen molar-refractivity contribution >= 4 is 11.8 Å². The summed E-state index contributed by atoms with van der Waals surface area (Å²) in [6.07, 6.45) is 4.75. The van der Waals surface area contributed by atoms with E-state index in [1.165, 1.54) is 25.1 Å². The summed E-state index contributed by atoms with van der Waals surface area (Å²) in [5.74, 6) is 1.21. The van der Waals surface area contributed by atoms with Gasteiger partial charge in [0, 0.05) is 30.9 Å². The van der Waals surface area contributed by atoms with E-state index in [1.54, 1.807) is 0 Å². The van der Waals surface area contributed by atoms with Crippen LogP contribution in [0.1, 0.15) is 40.5 Å². The molecule has 0 fully saturated rings. The highest BCUT2D eigenvalue weighted by Gasteiger charge is 2.19. The first kappa shape index (κ1) is 16.3. The Labute approximate surface area is 107 Å². The van der Waals surface area contributed by atoms with E-state index in [0.717, 1.165) is 19.6 Å². The molecule has 2 nitrogen and oxygen atoms in total. The monoisotopic (exact) mass is 246 g/mol. The Balaban J connectivity index is 3.75. The highest BCUT2D eigenvalue weighted by Crippen LogP contribution is 2.13. The van der Waals surface area contributed by atoms with Gasteiger partial charge in [-0.2, -0.15) is 11.8 Å². The van der Waals surface area contributed by atoms with Gasteiger partial charge < -0.3 is 5.32 Å². The van der Waals surface area contributed by atoms with Crippen molar-refractivity contribution < 1.29 is 0 Å². The standard InChI is InChI=1S/C13H30N2S/c1-6-7-10-15(13(2,3)4)11-8-14-9-12-16-5/h14H,6-12H2,1-5H3. The summed E-state index contributed by atoms with van der Waals surface area (Å²) >= 11 is 1.90. The Bertz CT molecular complexity index is 155. The second kappa shape index (κ2) is 9.32. The Morgan fingerprint density at radius 1 is 1.12 bits per heavy atom. The van der Waals surface area contributed by atoms with E-state index in [2.05, 4.69) is 44.2 Å². The predicted molar refractivity (Wildman–Crippen MR) is 77.5 cm³/mol. The Morgan fingerprint density at radius 2 is 1.81 bits per heavy atom. The molecule has 0 rings (SSSR count). The van der Waals surface area contributed by atoms with Crippen LogP contribution in [0.2, 0.25) is 0 Å². The summed E-state index contributed by atoms with van der Waals surface area (Å²) < 4.78 is 0. The second-order valence-electron chi connectivity index (χ2n) is 5.25. The third kappa shape index (κ3) is 8.43. The van der Waals surface area contributed by atoms with Crippen molar-refractivity contribution in [3.8, 4) is 0 Å². The highest BCUT2D eigenvalue weighted by molar-refractivity contribution is 7.98. The van der Waals surface area contributed by atoms with Crippen molar-refractivity contribution in [3.05, 3.63) is 0 Å². The summed E-state index contributed by atoms with van der Waals surface area (Å²) in [6.45, 7) is 13.8. The normalized spacial score (nSPS) is 12.4. The first-order valence-electron chi connectivity index (χ1n) is 6.47. The van der Waals surface area contributed by atoms with E-state index >= 15 is 0 Å². The largest absolute Gasteiger partial charge is 0.315 e. The molecule has 0 atom stereocenters. The molecule has 0 aliphatic heterocycles. The number of nitrogens with zero attached hydrogens (tertiary/aromatic N) is 1. The van der Waals surface area contributed by atoms with Gasteiger partial charge in [-0.15, -0.1) is 0 Å². The van der Waals surface area contributed by atoms with Gasteiger partial charge in [0.2, 0.25) is 0 Å². The minimum absolute atomic E-state index is 0.302. The van der Waals surface area contributed by atoms with E-state index in [1.807, 2.05) is 11.8 Å². The summed E-state index contributed by atoms with van der Waals surface area (Å²) in [6, 6.07) is 0. The summed E-state index contributed by atoms with van der Waals surface area (Å²) in [7, 11) is 0. The molecular weight excluding hydrogens is 216 g/mol. The average Bonchev–Trinajstić information content (AvgIpc) is 2.20. The quantitative estimate of drug-likeness (QED) is 0.630. The predicted octanol–water partition coefficient (Wildman–Crippen LogP) is 2.84. The maximum absolute atomic E-state index is 3.50.